The maximum atomic E-state index is 8.89. The van der Waals surface area contributed by atoms with Crippen LogP contribution in [0.25, 0.3) is 0 Å². The second kappa shape index (κ2) is 16.4. The number of carbonyl (C=O) groups is 1. The van der Waals surface area contributed by atoms with Crippen LogP contribution >= 0.6 is 0 Å². The predicted octanol–water partition coefficient (Wildman–Crippen LogP) is 0.471. The fourth-order valence-corrected chi connectivity index (χ4v) is 2.02. The van der Waals surface area contributed by atoms with E-state index in [1.54, 1.807) is 7.11 Å². The molecule has 7 heteroatoms. The number of aromatic amines is 1. The van der Waals surface area contributed by atoms with Crippen molar-refractivity contribution in [2.75, 3.05) is 40.1 Å². The number of methoxy groups -OCH3 is 1. The number of H-pyrrole nitrogens is 1. The van der Waals surface area contributed by atoms with Gasteiger partial charge >= 0.3 is 0 Å². The van der Waals surface area contributed by atoms with Gasteiger partial charge < -0.3 is 24.1 Å². The van der Waals surface area contributed by atoms with E-state index in [0.717, 1.165) is 72.2 Å². The Bertz CT molecular complexity index is 405. The average molecular weight is 344 g/mol. The SMILES string of the molecule is CC(=O)[O-].CCc1[nH]cc[n+]1CCCOCCCOCCCOC. The van der Waals surface area contributed by atoms with E-state index in [2.05, 4.69) is 22.7 Å². The van der Waals surface area contributed by atoms with Crippen molar-refractivity contribution >= 4 is 5.97 Å². The maximum absolute atomic E-state index is 8.89. The Balaban J connectivity index is 0.00000118. The standard InChI is InChI=1S/C15H28N2O3.C2H4O2/c1-3-15-16-7-9-17(15)8-4-11-19-13-6-14-20-12-5-10-18-2;1-2(3)4/h7,9H,3-6,8,10-14H2,1-2H3;1H3,(H,3,4). The zero-order valence-corrected chi connectivity index (χ0v) is 15.2. The number of aliphatic carboxylic acids is 1. The first kappa shape index (κ1) is 22.6. The molecule has 1 N–H and O–H groups in total. The molecule has 140 valence electrons. The molecular weight excluding hydrogens is 312 g/mol. The van der Waals surface area contributed by atoms with Crippen LogP contribution in [0.2, 0.25) is 0 Å². The monoisotopic (exact) mass is 344 g/mol. The summed E-state index contributed by atoms with van der Waals surface area (Å²) >= 11 is 0. The van der Waals surface area contributed by atoms with Gasteiger partial charge in [-0.1, -0.05) is 6.92 Å². The van der Waals surface area contributed by atoms with Gasteiger partial charge in [0.1, 0.15) is 12.4 Å². The zero-order valence-electron chi connectivity index (χ0n) is 15.2. The quantitative estimate of drug-likeness (QED) is 0.415. The Morgan fingerprint density at radius 3 is 2.21 bits per heavy atom. The number of imidazole rings is 1. The van der Waals surface area contributed by atoms with Crippen molar-refractivity contribution in [3.8, 4) is 0 Å². The van der Waals surface area contributed by atoms with Crippen LogP contribution in [0.5, 0.6) is 0 Å². The minimum Gasteiger partial charge on any atom is -0.550 e. The van der Waals surface area contributed by atoms with Gasteiger partial charge in [0.2, 0.25) is 0 Å². The summed E-state index contributed by atoms with van der Waals surface area (Å²) in [6.45, 7) is 8.06. The summed E-state index contributed by atoms with van der Waals surface area (Å²) in [6.07, 6.45) is 8.08. The summed E-state index contributed by atoms with van der Waals surface area (Å²) in [5, 5.41) is 8.89. The van der Waals surface area contributed by atoms with Crippen LogP contribution in [0, 0.1) is 0 Å². The number of carboxylic acids is 1. The molecular formula is C17H32N2O5. The van der Waals surface area contributed by atoms with Crippen LogP contribution < -0.4 is 9.67 Å². The Labute approximate surface area is 144 Å². The van der Waals surface area contributed by atoms with Crippen molar-refractivity contribution < 1.29 is 28.7 Å². The molecule has 0 aromatic carbocycles. The smallest absolute Gasteiger partial charge is 0.253 e. The molecule has 0 saturated carbocycles. The van der Waals surface area contributed by atoms with Crippen LogP contribution in [0.4, 0.5) is 0 Å². The highest BCUT2D eigenvalue weighted by Gasteiger charge is 2.06. The third kappa shape index (κ3) is 14.2. The molecule has 0 unspecified atom stereocenters. The van der Waals surface area contributed by atoms with Gasteiger partial charge in [0.15, 0.2) is 0 Å². The lowest BCUT2D eigenvalue weighted by molar-refractivity contribution is -0.703. The van der Waals surface area contributed by atoms with Gasteiger partial charge in [-0.05, 0) is 19.8 Å². The molecule has 0 atom stereocenters. The molecule has 0 aliphatic rings. The molecule has 0 saturated heterocycles. The summed E-state index contributed by atoms with van der Waals surface area (Å²) < 4.78 is 18.3. The molecule has 1 aromatic rings. The molecule has 0 aliphatic heterocycles. The Kier molecular flexibility index (Phi) is 15.4. The van der Waals surface area contributed by atoms with Crippen LogP contribution in [0.3, 0.4) is 0 Å². The zero-order chi connectivity index (χ0) is 18.0. The minimum absolute atomic E-state index is 0.771. The number of aryl methyl sites for hydroxylation is 2. The molecule has 0 fully saturated rings. The van der Waals surface area contributed by atoms with Gasteiger partial charge in [-0.15, -0.1) is 0 Å². The second-order valence-electron chi connectivity index (χ2n) is 5.22. The summed E-state index contributed by atoms with van der Waals surface area (Å²) in [6, 6.07) is 0. The van der Waals surface area contributed by atoms with Crippen LogP contribution in [-0.2, 0) is 32.0 Å². The van der Waals surface area contributed by atoms with Gasteiger partial charge in [-0.3, -0.25) is 0 Å². The third-order valence-corrected chi connectivity index (χ3v) is 3.09. The number of ether oxygens (including phenoxy) is 3. The fraction of sp³-hybridized carbons (Fsp3) is 0.765. The van der Waals surface area contributed by atoms with E-state index in [1.807, 2.05) is 6.20 Å². The summed E-state index contributed by atoms with van der Waals surface area (Å²) in [5.74, 6) is 0.189. The lowest BCUT2D eigenvalue weighted by Crippen LogP contribution is -2.36. The van der Waals surface area contributed by atoms with Gasteiger partial charge in [-0.25, -0.2) is 9.55 Å². The minimum atomic E-state index is -1.08. The molecule has 7 nitrogen and oxygen atoms in total. The van der Waals surface area contributed by atoms with Crippen molar-refractivity contribution in [3.63, 3.8) is 0 Å². The lowest BCUT2D eigenvalue weighted by Gasteiger charge is -2.05. The predicted molar refractivity (Wildman–Crippen MR) is 88.4 cm³/mol. The summed E-state index contributed by atoms with van der Waals surface area (Å²) in [5.41, 5.74) is 0. The van der Waals surface area contributed by atoms with Gasteiger partial charge in [0.25, 0.3) is 5.82 Å². The Morgan fingerprint density at radius 1 is 1.12 bits per heavy atom. The van der Waals surface area contributed by atoms with Crippen LogP contribution in [0.1, 0.15) is 38.9 Å². The number of hydrogen-bond acceptors (Lipinski definition) is 5. The number of carboxylic acid groups (broad SMARTS) is 1. The first-order valence-electron chi connectivity index (χ1n) is 8.49. The highest BCUT2D eigenvalue weighted by Crippen LogP contribution is 1.92. The number of hydrogen-bond donors (Lipinski definition) is 1. The number of rotatable bonds is 13. The van der Waals surface area contributed by atoms with E-state index in [9.17, 15) is 0 Å². The highest BCUT2D eigenvalue weighted by molar-refractivity contribution is 5.60. The first-order chi connectivity index (χ1) is 11.6. The second-order valence-corrected chi connectivity index (χ2v) is 5.22. The van der Waals surface area contributed by atoms with E-state index in [-0.39, 0.29) is 0 Å². The van der Waals surface area contributed by atoms with Crippen molar-refractivity contribution in [2.45, 2.75) is 46.1 Å². The number of carbonyl (C=O) groups excluding carboxylic acids is 1. The van der Waals surface area contributed by atoms with Gasteiger partial charge in [0, 0.05) is 52.3 Å². The van der Waals surface area contributed by atoms with Crippen LogP contribution in [-0.4, -0.2) is 51.1 Å². The largest absolute Gasteiger partial charge is 0.550 e. The molecule has 0 bridgehead atoms. The Morgan fingerprint density at radius 2 is 1.67 bits per heavy atom. The molecule has 1 aromatic heterocycles. The van der Waals surface area contributed by atoms with E-state index in [0.29, 0.717) is 0 Å². The fourth-order valence-electron chi connectivity index (χ4n) is 2.02. The number of aromatic nitrogens is 2. The number of nitrogens with zero attached hydrogens (tertiary/aromatic N) is 1. The van der Waals surface area contributed by atoms with E-state index in [1.165, 1.54) is 5.82 Å². The molecule has 1 rings (SSSR count). The average Bonchev–Trinajstić information content (AvgIpc) is 2.99. The maximum Gasteiger partial charge on any atom is 0.253 e. The third-order valence-electron chi connectivity index (χ3n) is 3.09. The highest BCUT2D eigenvalue weighted by atomic mass is 16.5. The van der Waals surface area contributed by atoms with Gasteiger partial charge in [-0.2, -0.15) is 0 Å². The molecule has 0 spiro atoms. The van der Waals surface area contributed by atoms with E-state index < -0.39 is 5.97 Å². The van der Waals surface area contributed by atoms with E-state index in [4.69, 9.17) is 24.1 Å². The topological polar surface area (TPSA) is 87.5 Å². The summed E-state index contributed by atoms with van der Waals surface area (Å²) in [7, 11) is 1.71. The number of nitrogens with one attached hydrogen (secondary N) is 1. The van der Waals surface area contributed by atoms with Crippen LogP contribution in [0.15, 0.2) is 12.4 Å². The van der Waals surface area contributed by atoms with Crippen molar-refractivity contribution in [2.24, 2.45) is 0 Å². The molecule has 0 aliphatic carbocycles. The summed E-state index contributed by atoms with van der Waals surface area (Å²) in [4.78, 5) is 12.1. The molecule has 0 radical (unpaired) electrons. The Hall–Kier alpha value is -1.44. The van der Waals surface area contributed by atoms with Gasteiger partial charge in [0.05, 0.1) is 13.2 Å². The van der Waals surface area contributed by atoms with E-state index >= 15 is 0 Å². The molecule has 24 heavy (non-hydrogen) atoms. The lowest BCUT2D eigenvalue weighted by atomic mass is 10.4. The molecule has 0 amide bonds. The van der Waals surface area contributed by atoms with Crippen molar-refractivity contribution in [1.29, 1.82) is 0 Å². The first-order valence-corrected chi connectivity index (χ1v) is 8.49. The van der Waals surface area contributed by atoms with Crippen molar-refractivity contribution in [3.05, 3.63) is 18.2 Å². The molecule has 1 heterocycles. The van der Waals surface area contributed by atoms with Crippen molar-refractivity contribution in [1.82, 2.24) is 4.98 Å². The normalized spacial score (nSPS) is 10.3.